The van der Waals surface area contributed by atoms with E-state index >= 15 is 0 Å². The van der Waals surface area contributed by atoms with Crippen LogP contribution in [0.2, 0.25) is 0 Å². The summed E-state index contributed by atoms with van der Waals surface area (Å²) in [4.78, 5) is 61.7. The molecule has 4 fully saturated rings. The van der Waals surface area contributed by atoms with Crippen molar-refractivity contribution in [1.29, 1.82) is 0 Å². The number of carbonyl (C=O) groups is 2. The Labute approximate surface area is 249 Å². The van der Waals surface area contributed by atoms with E-state index in [1.165, 1.54) is 22.3 Å². The molecule has 2 amide bonds. The zero-order valence-corrected chi connectivity index (χ0v) is 24.5. The number of nitro groups is 1. The highest BCUT2D eigenvalue weighted by atomic mass is 32.2. The van der Waals surface area contributed by atoms with E-state index in [1.807, 2.05) is 30.1 Å². The molecule has 2 saturated heterocycles. The van der Waals surface area contributed by atoms with Crippen molar-refractivity contribution in [1.82, 2.24) is 9.88 Å². The summed E-state index contributed by atoms with van der Waals surface area (Å²) in [5.41, 5.74) is 1.84. The third-order valence-electron chi connectivity index (χ3n) is 10.1. The van der Waals surface area contributed by atoms with Crippen LogP contribution in [0.1, 0.15) is 22.8 Å². The smallest absolute Gasteiger partial charge is 0.305 e. The fraction of sp³-hybridized carbons (Fsp3) is 0.433. The molecule has 2 aliphatic carbocycles. The van der Waals surface area contributed by atoms with Gasteiger partial charge in [-0.3, -0.25) is 24.5 Å². The van der Waals surface area contributed by atoms with E-state index in [2.05, 4.69) is 22.0 Å². The molecule has 2 saturated carbocycles. The SMILES string of the molecule is CN1CCN(c2ccc(N3C(=O)[C@@H]4[C@H]5C[C@@H]([C@@H]4C3=O)[C@@H]3[C@@H](c4ccccc4)c4sc(=O)[nH]c4S[C@H]53)cc2[N+](=O)[O-])CC1. The minimum Gasteiger partial charge on any atom is -0.363 e. The van der Waals surface area contributed by atoms with Crippen molar-refractivity contribution in [3.05, 3.63) is 78.8 Å². The lowest BCUT2D eigenvalue weighted by Crippen LogP contribution is -2.44. The number of fused-ring (bicyclic) bond motifs is 9. The first-order chi connectivity index (χ1) is 20.3. The Morgan fingerprint density at radius 2 is 1.67 bits per heavy atom. The molecule has 3 aliphatic heterocycles. The number of nitrogens with one attached hydrogen (secondary N) is 1. The minimum atomic E-state index is -0.454. The highest BCUT2D eigenvalue weighted by Crippen LogP contribution is 2.68. The largest absolute Gasteiger partial charge is 0.363 e. The summed E-state index contributed by atoms with van der Waals surface area (Å²) in [5, 5.41) is 13.2. The zero-order chi connectivity index (χ0) is 28.9. The molecule has 2 bridgehead atoms. The number of likely N-dealkylation sites (N-methyl/N-ethyl adjacent to an activating group) is 1. The van der Waals surface area contributed by atoms with E-state index in [0.29, 0.717) is 18.8 Å². The molecule has 0 spiro atoms. The Morgan fingerprint density at radius 3 is 2.38 bits per heavy atom. The summed E-state index contributed by atoms with van der Waals surface area (Å²) >= 11 is 2.90. The standard InChI is InChI=1S/C30H29N5O5S2/c1-32-9-11-33(12-10-32)19-8-7-16(13-20(19)35(39)40)34-28(36)23-17-14-18(24(23)29(34)37)25-22(17)21(15-5-3-2-4-6-15)26-27(41-25)31-30(38)42-26/h2-8,13,17-18,21-25H,9-12,14H2,1H3,(H,31,38)/t17-,18-,21-,22-,23+,24-,25-/m1/s1. The summed E-state index contributed by atoms with van der Waals surface area (Å²) in [6.45, 7) is 2.95. The van der Waals surface area contributed by atoms with E-state index in [-0.39, 0.29) is 57.0 Å². The number of piperazine rings is 1. The van der Waals surface area contributed by atoms with E-state index in [9.17, 15) is 24.5 Å². The number of thioether (sulfide) groups is 1. The second-order valence-electron chi connectivity index (χ2n) is 12.1. The predicted molar refractivity (Wildman–Crippen MR) is 160 cm³/mol. The molecule has 1 aromatic heterocycles. The molecule has 42 heavy (non-hydrogen) atoms. The lowest BCUT2D eigenvalue weighted by atomic mass is 9.68. The normalized spacial score (nSPS) is 31.8. The number of H-pyrrole nitrogens is 1. The number of benzene rings is 2. The van der Waals surface area contributed by atoms with Gasteiger partial charge in [0.25, 0.3) is 5.69 Å². The van der Waals surface area contributed by atoms with Crippen LogP contribution in [0.25, 0.3) is 0 Å². The minimum absolute atomic E-state index is 0.00110. The van der Waals surface area contributed by atoms with Gasteiger partial charge in [-0.25, -0.2) is 4.90 Å². The quantitative estimate of drug-likeness (QED) is 0.272. The van der Waals surface area contributed by atoms with Crippen molar-refractivity contribution in [2.24, 2.45) is 29.6 Å². The lowest BCUT2D eigenvalue weighted by molar-refractivity contribution is -0.384. The number of hydrogen-bond donors (Lipinski definition) is 1. The highest BCUT2D eigenvalue weighted by molar-refractivity contribution is 8.00. The van der Waals surface area contributed by atoms with E-state index in [0.717, 1.165) is 35.0 Å². The van der Waals surface area contributed by atoms with Crippen LogP contribution in [-0.2, 0) is 9.59 Å². The van der Waals surface area contributed by atoms with E-state index in [4.69, 9.17) is 0 Å². The molecule has 10 nitrogen and oxygen atoms in total. The lowest BCUT2D eigenvalue weighted by Gasteiger charge is -2.43. The van der Waals surface area contributed by atoms with Crippen LogP contribution < -0.4 is 14.7 Å². The van der Waals surface area contributed by atoms with Crippen LogP contribution in [0.3, 0.4) is 0 Å². The maximum atomic E-state index is 14.1. The van der Waals surface area contributed by atoms with Crippen molar-refractivity contribution < 1.29 is 14.5 Å². The molecule has 12 heteroatoms. The molecule has 216 valence electrons. The molecule has 4 heterocycles. The first-order valence-corrected chi connectivity index (χ1v) is 16.1. The van der Waals surface area contributed by atoms with Crippen molar-refractivity contribution in [3.8, 4) is 0 Å². The number of imide groups is 1. The van der Waals surface area contributed by atoms with Gasteiger partial charge in [-0.2, -0.15) is 0 Å². The van der Waals surface area contributed by atoms with Crippen LogP contribution in [0.15, 0.2) is 58.4 Å². The fourth-order valence-electron chi connectivity index (χ4n) is 8.42. The summed E-state index contributed by atoms with van der Waals surface area (Å²) < 4.78 is 0. The number of carbonyl (C=O) groups excluding carboxylic acids is 2. The number of aromatic nitrogens is 1. The third kappa shape index (κ3) is 3.70. The van der Waals surface area contributed by atoms with Crippen molar-refractivity contribution in [3.63, 3.8) is 0 Å². The molecular formula is C30H29N5O5S2. The van der Waals surface area contributed by atoms with Crippen LogP contribution >= 0.6 is 23.1 Å². The van der Waals surface area contributed by atoms with Gasteiger partial charge in [0.15, 0.2) is 0 Å². The molecule has 8 rings (SSSR count). The van der Waals surface area contributed by atoms with E-state index < -0.39 is 16.8 Å². The van der Waals surface area contributed by atoms with Gasteiger partial charge in [-0.1, -0.05) is 41.7 Å². The topological polar surface area (TPSA) is 120 Å². The second-order valence-corrected chi connectivity index (χ2v) is 14.3. The first-order valence-electron chi connectivity index (χ1n) is 14.4. The maximum absolute atomic E-state index is 14.1. The van der Waals surface area contributed by atoms with Gasteiger partial charge in [0, 0.05) is 48.3 Å². The zero-order valence-electron chi connectivity index (χ0n) is 22.8. The monoisotopic (exact) mass is 603 g/mol. The summed E-state index contributed by atoms with van der Waals surface area (Å²) in [7, 11) is 2.03. The van der Waals surface area contributed by atoms with Crippen LogP contribution in [0.4, 0.5) is 17.1 Å². The third-order valence-corrected chi connectivity index (χ3v) is 12.7. The molecule has 0 unspecified atom stereocenters. The van der Waals surface area contributed by atoms with Crippen LogP contribution in [0, 0.1) is 39.7 Å². The number of hydrogen-bond acceptors (Lipinski definition) is 9. The average Bonchev–Trinajstić information content (AvgIpc) is 3.72. The van der Waals surface area contributed by atoms with E-state index in [1.54, 1.807) is 23.9 Å². The summed E-state index contributed by atoms with van der Waals surface area (Å²) in [5.74, 6) is -1.31. The highest BCUT2D eigenvalue weighted by Gasteiger charge is 2.69. The molecule has 3 aromatic rings. The summed E-state index contributed by atoms with van der Waals surface area (Å²) in [6, 6.07) is 14.9. The Kier molecular flexibility index (Phi) is 5.93. The molecule has 7 atom stereocenters. The first kappa shape index (κ1) is 26.2. The van der Waals surface area contributed by atoms with Crippen LogP contribution in [-0.4, -0.2) is 65.1 Å². The molecule has 1 N–H and O–H groups in total. The number of anilines is 2. The van der Waals surface area contributed by atoms with Gasteiger partial charge in [0.2, 0.25) is 11.8 Å². The van der Waals surface area contributed by atoms with Gasteiger partial charge >= 0.3 is 4.87 Å². The predicted octanol–water partition coefficient (Wildman–Crippen LogP) is 3.77. The van der Waals surface area contributed by atoms with Crippen molar-refractivity contribution in [2.75, 3.05) is 43.0 Å². The van der Waals surface area contributed by atoms with Crippen LogP contribution in [0.5, 0.6) is 0 Å². The van der Waals surface area contributed by atoms with Gasteiger partial charge in [-0.15, -0.1) is 11.8 Å². The fourth-order valence-corrected chi connectivity index (χ4v) is 11.3. The number of amides is 2. The van der Waals surface area contributed by atoms with Crippen molar-refractivity contribution in [2.45, 2.75) is 22.6 Å². The van der Waals surface area contributed by atoms with Gasteiger partial charge < -0.3 is 14.8 Å². The van der Waals surface area contributed by atoms with Gasteiger partial charge in [0.1, 0.15) is 5.69 Å². The Balaban J connectivity index is 1.15. The summed E-state index contributed by atoms with van der Waals surface area (Å²) in [6.07, 6.45) is 0.800. The maximum Gasteiger partial charge on any atom is 0.305 e. The second kappa shape index (κ2) is 9.51. The van der Waals surface area contributed by atoms with Gasteiger partial charge in [0.05, 0.1) is 27.5 Å². The molecular weight excluding hydrogens is 574 g/mol. The Bertz CT molecular complexity index is 1680. The number of aromatic amines is 1. The number of rotatable bonds is 4. The van der Waals surface area contributed by atoms with Gasteiger partial charge in [-0.05, 0) is 48.9 Å². The number of nitro benzene ring substituents is 1. The van der Waals surface area contributed by atoms with Crippen molar-refractivity contribution >= 4 is 52.0 Å². The number of thiazole rings is 1. The molecule has 2 aromatic carbocycles. The number of nitrogens with zero attached hydrogens (tertiary/aromatic N) is 4. The molecule has 5 aliphatic rings. The Hall–Kier alpha value is -3.48. The Morgan fingerprint density at radius 1 is 0.952 bits per heavy atom. The molecule has 0 radical (unpaired) electrons. The average molecular weight is 604 g/mol.